The van der Waals surface area contributed by atoms with Crippen LogP contribution in [-0.2, 0) is 6.54 Å². The molecule has 2 heterocycles. The third kappa shape index (κ3) is 3.48. The van der Waals surface area contributed by atoms with Gasteiger partial charge in [0, 0.05) is 6.54 Å². The highest BCUT2D eigenvalue weighted by Gasteiger charge is 2.13. The zero-order valence-electron chi connectivity index (χ0n) is 13.4. The molecular formula is C17H17BrN2O2S2. The average molecular weight is 425 g/mol. The van der Waals surface area contributed by atoms with Gasteiger partial charge in [0.25, 0.3) is 5.91 Å². The van der Waals surface area contributed by atoms with E-state index in [1.54, 1.807) is 6.07 Å². The van der Waals surface area contributed by atoms with Gasteiger partial charge in [-0.3, -0.25) is 4.79 Å². The van der Waals surface area contributed by atoms with Crippen LogP contribution >= 0.6 is 38.6 Å². The first-order valence-electron chi connectivity index (χ1n) is 7.73. The monoisotopic (exact) mass is 424 g/mol. The lowest BCUT2D eigenvalue weighted by atomic mass is 10.3. The van der Waals surface area contributed by atoms with Gasteiger partial charge in [0.2, 0.25) is 0 Å². The molecular weight excluding hydrogens is 408 g/mol. The van der Waals surface area contributed by atoms with Crippen molar-refractivity contribution in [2.24, 2.45) is 4.99 Å². The fourth-order valence-corrected chi connectivity index (χ4v) is 4.80. The Morgan fingerprint density at radius 1 is 1.25 bits per heavy atom. The van der Waals surface area contributed by atoms with E-state index in [9.17, 15) is 4.79 Å². The molecule has 0 aliphatic heterocycles. The number of para-hydroxylation sites is 1. The molecule has 3 aromatic rings. The highest BCUT2D eigenvalue weighted by atomic mass is 79.9. The van der Waals surface area contributed by atoms with Gasteiger partial charge in [-0.25, -0.2) is 0 Å². The Morgan fingerprint density at radius 3 is 2.75 bits per heavy atom. The standard InChI is InChI=1S/C17H17BrN2O2S2/c1-3-10-20-15-11(22-4-2)6-5-7-12(15)24-17(20)19-16(21)13-8-9-14(18)23-13/h5-9H,3-4,10H2,1-2H3. The number of nitrogens with zero attached hydrogens (tertiary/aromatic N) is 2. The van der Waals surface area contributed by atoms with Crippen molar-refractivity contribution in [2.75, 3.05) is 6.61 Å². The van der Waals surface area contributed by atoms with Crippen LogP contribution in [0.15, 0.2) is 39.1 Å². The molecule has 0 bridgehead atoms. The molecule has 0 aliphatic carbocycles. The largest absolute Gasteiger partial charge is 0.492 e. The highest BCUT2D eigenvalue weighted by Crippen LogP contribution is 2.28. The van der Waals surface area contributed by atoms with Gasteiger partial charge < -0.3 is 9.30 Å². The number of ether oxygens (including phenoxy) is 1. The summed E-state index contributed by atoms with van der Waals surface area (Å²) in [6.45, 7) is 5.49. The predicted molar refractivity (Wildman–Crippen MR) is 103 cm³/mol. The van der Waals surface area contributed by atoms with Crippen molar-refractivity contribution < 1.29 is 9.53 Å². The van der Waals surface area contributed by atoms with Crippen molar-refractivity contribution >= 4 is 54.7 Å². The number of carbonyl (C=O) groups excluding carboxylic acids is 1. The van der Waals surface area contributed by atoms with Gasteiger partial charge in [-0.1, -0.05) is 24.3 Å². The summed E-state index contributed by atoms with van der Waals surface area (Å²) in [5, 5.41) is 0. The number of fused-ring (bicyclic) bond motifs is 1. The molecule has 0 radical (unpaired) electrons. The molecule has 126 valence electrons. The molecule has 0 unspecified atom stereocenters. The molecule has 0 aliphatic rings. The van der Waals surface area contributed by atoms with E-state index in [0.29, 0.717) is 16.3 Å². The third-order valence-electron chi connectivity index (χ3n) is 3.39. The second-order valence-electron chi connectivity index (χ2n) is 5.09. The first kappa shape index (κ1) is 17.4. The Kier molecular flexibility index (Phi) is 5.53. The van der Waals surface area contributed by atoms with Gasteiger partial charge in [-0.15, -0.1) is 11.3 Å². The van der Waals surface area contributed by atoms with E-state index in [4.69, 9.17) is 4.74 Å². The summed E-state index contributed by atoms with van der Waals surface area (Å²) in [5.74, 6) is 0.632. The van der Waals surface area contributed by atoms with Crippen LogP contribution in [0.1, 0.15) is 29.9 Å². The first-order valence-corrected chi connectivity index (χ1v) is 10.2. The number of halogens is 1. The molecule has 4 nitrogen and oxygen atoms in total. The minimum Gasteiger partial charge on any atom is -0.492 e. The molecule has 0 saturated heterocycles. The maximum absolute atomic E-state index is 12.5. The summed E-state index contributed by atoms with van der Waals surface area (Å²) in [6.07, 6.45) is 0.957. The Hall–Kier alpha value is -1.44. The van der Waals surface area contributed by atoms with Crippen LogP contribution in [-0.4, -0.2) is 17.1 Å². The topological polar surface area (TPSA) is 43.6 Å². The Bertz CT molecular complexity index is 940. The number of thiophene rings is 1. The summed E-state index contributed by atoms with van der Waals surface area (Å²) >= 11 is 6.30. The fraction of sp³-hybridized carbons (Fsp3) is 0.294. The molecule has 24 heavy (non-hydrogen) atoms. The van der Waals surface area contributed by atoms with E-state index < -0.39 is 0 Å². The number of hydrogen-bond acceptors (Lipinski definition) is 4. The number of rotatable bonds is 5. The number of benzene rings is 1. The average Bonchev–Trinajstić information content (AvgIpc) is 3.13. The van der Waals surface area contributed by atoms with Gasteiger partial charge >= 0.3 is 0 Å². The van der Waals surface area contributed by atoms with Gasteiger partial charge in [0.15, 0.2) is 4.80 Å². The number of aromatic nitrogens is 1. The maximum atomic E-state index is 12.5. The Balaban J connectivity index is 2.16. The van der Waals surface area contributed by atoms with E-state index in [-0.39, 0.29) is 5.91 Å². The zero-order valence-corrected chi connectivity index (χ0v) is 16.6. The summed E-state index contributed by atoms with van der Waals surface area (Å²) in [5.41, 5.74) is 1.02. The van der Waals surface area contributed by atoms with Gasteiger partial charge in [-0.2, -0.15) is 4.99 Å². The van der Waals surface area contributed by atoms with Crippen molar-refractivity contribution in [3.8, 4) is 5.75 Å². The molecule has 0 saturated carbocycles. The number of hydrogen-bond donors (Lipinski definition) is 0. The second kappa shape index (κ2) is 7.63. The lowest BCUT2D eigenvalue weighted by Gasteiger charge is -2.08. The molecule has 7 heteroatoms. The number of amides is 1. The maximum Gasteiger partial charge on any atom is 0.289 e. The lowest BCUT2D eigenvalue weighted by Crippen LogP contribution is -2.17. The summed E-state index contributed by atoms with van der Waals surface area (Å²) in [4.78, 5) is 18.2. The minimum atomic E-state index is -0.208. The van der Waals surface area contributed by atoms with Crippen molar-refractivity contribution in [3.05, 3.63) is 43.8 Å². The number of aryl methyl sites for hydroxylation is 1. The van der Waals surface area contributed by atoms with Crippen LogP contribution in [0.4, 0.5) is 0 Å². The molecule has 0 fully saturated rings. The summed E-state index contributed by atoms with van der Waals surface area (Å²) in [7, 11) is 0. The third-order valence-corrected chi connectivity index (χ3v) is 6.05. The quantitative estimate of drug-likeness (QED) is 0.573. The van der Waals surface area contributed by atoms with E-state index in [1.807, 2.05) is 31.2 Å². The van der Waals surface area contributed by atoms with Crippen molar-refractivity contribution in [2.45, 2.75) is 26.8 Å². The summed E-state index contributed by atoms with van der Waals surface area (Å²) in [6, 6.07) is 9.64. The van der Waals surface area contributed by atoms with E-state index in [1.165, 1.54) is 22.7 Å². The van der Waals surface area contributed by atoms with Crippen LogP contribution < -0.4 is 9.54 Å². The summed E-state index contributed by atoms with van der Waals surface area (Å²) < 4.78 is 9.86. The first-order chi connectivity index (χ1) is 11.6. The van der Waals surface area contributed by atoms with E-state index >= 15 is 0 Å². The Labute approximate surface area is 156 Å². The molecule has 2 aromatic heterocycles. The van der Waals surface area contributed by atoms with Crippen LogP contribution in [0, 0.1) is 0 Å². The SMILES string of the molecule is CCCn1c(=NC(=O)c2ccc(Br)s2)sc2cccc(OCC)c21. The van der Waals surface area contributed by atoms with Gasteiger partial charge in [0.1, 0.15) is 11.3 Å². The molecule has 3 rings (SSSR count). The van der Waals surface area contributed by atoms with E-state index in [2.05, 4.69) is 32.4 Å². The van der Waals surface area contributed by atoms with Crippen molar-refractivity contribution in [1.29, 1.82) is 0 Å². The minimum absolute atomic E-state index is 0.208. The zero-order chi connectivity index (χ0) is 17.1. The molecule has 0 spiro atoms. The predicted octanol–water partition coefficient (Wildman–Crippen LogP) is 5.08. The number of carbonyl (C=O) groups is 1. The smallest absolute Gasteiger partial charge is 0.289 e. The van der Waals surface area contributed by atoms with Crippen LogP contribution in [0.3, 0.4) is 0 Å². The molecule has 1 aromatic carbocycles. The highest BCUT2D eigenvalue weighted by molar-refractivity contribution is 9.11. The number of thiazole rings is 1. The van der Waals surface area contributed by atoms with Crippen LogP contribution in [0.5, 0.6) is 5.75 Å². The van der Waals surface area contributed by atoms with Crippen molar-refractivity contribution in [3.63, 3.8) is 0 Å². The second-order valence-corrected chi connectivity index (χ2v) is 8.57. The normalized spacial score (nSPS) is 12.0. The van der Waals surface area contributed by atoms with Crippen LogP contribution in [0.25, 0.3) is 10.2 Å². The molecule has 0 N–H and O–H groups in total. The van der Waals surface area contributed by atoms with Crippen LogP contribution in [0.2, 0.25) is 0 Å². The molecule has 1 amide bonds. The Morgan fingerprint density at radius 2 is 2.08 bits per heavy atom. The fourth-order valence-electron chi connectivity index (χ4n) is 2.46. The van der Waals surface area contributed by atoms with Crippen molar-refractivity contribution in [1.82, 2.24) is 4.57 Å². The lowest BCUT2D eigenvalue weighted by molar-refractivity contribution is 0.100. The van der Waals surface area contributed by atoms with Gasteiger partial charge in [0.05, 0.1) is 20.0 Å². The molecule has 0 atom stereocenters. The van der Waals surface area contributed by atoms with E-state index in [0.717, 1.165) is 32.7 Å². The van der Waals surface area contributed by atoms with Gasteiger partial charge in [-0.05, 0) is 53.5 Å².